The first-order chi connectivity index (χ1) is 7.77. The van der Waals surface area contributed by atoms with Gasteiger partial charge in [0.2, 0.25) is 0 Å². The van der Waals surface area contributed by atoms with Gasteiger partial charge in [0.05, 0.1) is 18.9 Å². The van der Waals surface area contributed by atoms with Gasteiger partial charge in [0.1, 0.15) is 27.6 Å². The molecule has 2 heterocycles. The van der Waals surface area contributed by atoms with Crippen LogP contribution in [0, 0.1) is 22.7 Å². The summed E-state index contributed by atoms with van der Waals surface area (Å²) in [5.74, 6) is 0. The van der Waals surface area contributed by atoms with Crippen LogP contribution in [0.3, 0.4) is 0 Å². The Balaban J connectivity index is 2.40. The highest BCUT2D eigenvalue weighted by molar-refractivity contribution is 7.17. The third kappa shape index (κ3) is 1.69. The Labute approximate surface area is 97.3 Å². The van der Waals surface area contributed by atoms with Crippen molar-refractivity contribution in [2.24, 2.45) is 0 Å². The second-order valence-corrected chi connectivity index (χ2v) is 4.35. The number of hydrogen-bond donors (Lipinski definition) is 1. The zero-order chi connectivity index (χ0) is 11.5. The van der Waals surface area contributed by atoms with Crippen molar-refractivity contribution in [1.82, 2.24) is 0 Å². The summed E-state index contributed by atoms with van der Waals surface area (Å²) >= 11 is 1.28. The largest absolute Gasteiger partial charge is 0.396 e. The summed E-state index contributed by atoms with van der Waals surface area (Å²) in [5.41, 5.74) is 6.46. The zero-order valence-corrected chi connectivity index (χ0v) is 9.38. The Morgan fingerprint density at radius 3 is 2.50 bits per heavy atom. The molecule has 5 nitrogen and oxygen atoms in total. The fraction of sp³-hybridized carbons (Fsp3) is 0.400. The molecule has 0 bridgehead atoms. The predicted octanol–water partition coefficient (Wildman–Crippen LogP) is 0.910. The van der Waals surface area contributed by atoms with E-state index in [-0.39, 0.29) is 0 Å². The smallest absolute Gasteiger partial charge is 0.131 e. The summed E-state index contributed by atoms with van der Waals surface area (Å²) < 4.78 is 5.24. The first kappa shape index (κ1) is 10.7. The summed E-state index contributed by atoms with van der Waals surface area (Å²) in [5, 5.41) is 18.7. The summed E-state index contributed by atoms with van der Waals surface area (Å²) in [4.78, 5) is 2.46. The SMILES string of the molecule is N#Cc1sc(N2CCOCC2)c(C#N)c1N. The van der Waals surface area contributed by atoms with Crippen LogP contribution in [-0.4, -0.2) is 26.3 Å². The molecule has 1 aliphatic rings. The molecule has 6 heteroatoms. The van der Waals surface area contributed by atoms with Crippen LogP contribution in [0.15, 0.2) is 0 Å². The molecule has 82 valence electrons. The van der Waals surface area contributed by atoms with Crippen molar-refractivity contribution in [2.45, 2.75) is 0 Å². The van der Waals surface area contributed by atoms with E-state index >= 15 is 0 Å². The Bertz CT molecular complexity index is 476. The molecule has 0 spiro atoms. The fourth-order valence-corrected chi connectivity index (χ4v) is 2.63. The Hall–Kier alpha value is -1.76. The molecule has 1 saturated heterocycles. The molecule has 0 saturated carbocycles. The number of thiophene rings is 1. The number of anilines is 2. The first-order valence-electron chi connectivity index (χ1n) is 4.83. The Kier molecular flexibility index (Phi) is 2.95. The van der Waals surface area contributed by atoms with Crippen molar-refractivity contribution in [3.05, 3.63) is 10.4 Å². The van der Waals surface area contributed by atoms with Crippen LogP contribution in [0.4, 0.5) is 10.7 Å². The maximum Gasteiger partial charge on any atom is 0.131 e. The van der Waals surface area contributed by atoms with Gasteiger partial charge in [-0.15, -0.1) is 11.3 Å². The summed E-state index contributed by atoms with van der Waals surface area (Å²) in [6.45, 7) is 2.76. The summed E-state index contributed by atoms with van der Waals surface area (Å²) in [7, 11) is 0. The van der Waals surface area contributed by atoms with Gasteiger partial charge in [-0.25, -0.2) is 0 Å². The Morgan fingerprint density at radius 2 is 1.94 bits per heavy atom. The highest BCUT2D eigenvalue weighted by atomic mass is 32.1. The van der Waals surface area contributed by atoms with Crippen molar-refractivity contribution < 1.29 is 4.74 Å². The third-order valence-corrected chi connectivity index (χ3v) is 3.61. The van der Waals surface area contributed by atoms with Gasteiger partial charge in [0.25, 0.3) is 0 Å². The molecule has 0 aliphatic carbocycles. The number of ether oxygens (including phenoxy) is 1. The average molecular weight is 234 g/mol. The quantitative estimate of drug-likeness (QED) is 0.780. The lowest BCUT2D eigenvalue weighted by Gasteiger charge is -2.27. The number of hydrogen-bond acceptors (Lipinski definition) is 6. The van der Waals surface area contributed by atoms with Gasteiger partial charge in [0.15, 0.2) is 0 Å². The van der Waals surface area contributed by atoms with E-state index in [0.29, 0.717) is 29.3 Å². The van der Waals surface area contributed by atoms with E-state index in [1.54, 1.807) is 0 Å². The van der Waals surface area contributed by atoms with Gasteiger partial charge in [-0.3, -0.25) is 0 Å². The lowest BCUT2D eigenvalue weighted by atomic mass is 10.2. The van der Waals surface area contributed by atoms with Crippen LogP contribution in [0.1, 0.15) is 10.4 Å². The number of nitrogen functional groups attached to an aromatic ring is 1. The molecule has 2 N–H and O–H groups in total. The van der Waals surface area contributed by atoms with Crippen LogP contribution < -0.4 is 10.6 Å². The number of morpholine rings is 1. The second kappa shape index (κ2) is 4.40. The predicted molar refractivity (Wildman–Crippen MR) is 61.2 cm³/mol. The summed E-state index contributed by atoms with van der Waals surface area (Å²) in [6, 6.07) is 4.08. The van der Waals surface area contributed by atoms with Crippen molar-refractivity contribution in [3.8, 4) is 12.1 Å². The molecular formula is C10H10N4OS. The normalized spacial score (nSPS) is 15.5. The van der Waals surface area contributed by atoms with E-state index in [9.17, 15) is 0 Å². The van der Waals surface area contributed by atoms with Gasteiger partial charge in [-0.2, -0.15) is 10.5 Å². The van der Waals surface area contributed by atoms with Crippen LogP contribution in [0.5, 0.6) is 0 Å². The van der Waals surface area contributed by atoms with Crippen LogP contribution in [0.2, 0.25) is 0 Å². The lowest BCUT2D eigenvalue weighted by molar-refractivity contribution is 0.123. The van der Waals surface area contributed by atoms with E-state index in [0.717, 1.165) is 18.1 Å². The highest BCUT2D eigenvalue weighted by Gasteiger charge is 2.22. The number of rotatable bonds is 1. The minimum atomic E-state index is 0.302. The molecule has 0 unspecified atom stereocenters. The van der Waals surface area contributed by atoms with Crippen LogP contribution in [0.25, 0.3) is 0 Å². The number of nitrogens with zero attached hydrogens (tertiary/aromatic N) is 3. The molecule has 1 aromatic rings. The van der Waals surface area contributed by atoms with E-state index in [4.69, 9.17) is 21.0 Å². The van der Waals surface area contributed by atoms with Gasteiger partial charge in [-0.1, -0.05) is 0 Å². The molecule has 1 aliphatic heterocycles. The van der Waals surface area contributed by atoms with E-state index < -0.39 is 0 Å². The minimum Gasteiger partial charge on any atom is -0.396 e. The van der Waals surface area contributed by atoms with E-state index in [1.807, 2.05) is 11.0 Å². The third-order valence-electron chi connectivity index (χ3n) is 2.44. The van der Waals surface area contributed by atoms with Crippen molar-refractivity contribution in [1.29, 1.82) is 10.5 Å². The molecule has 1 aromatic heterocycles. The Morgan fingerprint density at radius 1 is 1.25 bits per heavy atom. The van der Waals surface area contributed by atoms with Crippen molar-refractivity contribution in [3.63, 3.8) is 0 Å². The maximum absolute atomic E-state index is 9.05. The van der Waals surface area contributed by atoms with Crippen LogP contribution >= 0.6 is 11.3 Å². The summed E-state index contributed by atoms with van der Waals surface area (Å²) in [6.07, 6.45) is 0. The second-order valence-electron chi connectivity index (χ2n) is 3.35. The average Bonchev–Trinajstić information content (AvgIpc) is 2.66. The lowest BCUT2D eigenvalue weighted by Crippen LogP contribution is -2.36. The van der Waals surface area contributed by atoms with E-state index in [1.165, 1.54) is 11.3 Å². The van der Waals surface area contributed by atoms with Crippen molar-refractivity contribution in [2.75, 3.05) is 36.9 Å². The molecule has 0 amide bonds. The minimum absolute atomic E-state index is 0.302. The highest BCUT2D eigenvalue weighted by Crippen LogP contribution is 2.37. The molecule has 2 rings (SSSR count). The van der Waals surface area contributed by atoms with Gasteiger partial charge >= 0.3 is 0 Å². The molecule has 0 atom stereocenters. The topological polar surface area (TPSA) is 86.1 Å². The van der Waals surface area contributed by atoms with Crippen molar-refractivity contribution >= 4 is 22.0 Å². The van der Waals surface area contributed by atoms with Gasteiger partial charge in [0, 0.05) is 13.1 Å². The molecule has 0 radical (unpaired) electrons. The monoisotopic (exact) mass is 234 g/mol. The standard InChI is InChI=1S/C10H10N4OS/c11-5-7-9(13)8(6-12)16-10(7)14-1-3-15-4-2-14/h1-4,13H2. The van der Waals surface area contributed by atoms with Crippen LogP contribution in [-0.2, 0) is 4.74 Å². The number of nitriles is 2. The van der Waals surface area contributed by atoms with Gasteiger partial charge < -0.3 is 15.4 Å². The van der Waals surface area contributed by atoms with Gasteiger partial charge in [-0.05, 0) is 0 Å². The fourth-order valence-electron chi connectivity index (χ4n) is 1.61. The zero-order valence-electron chi connectivity index (χ0n) is 8.56. The molecular weight excluding hydrogens is 224 g/mol. The maximum atomic E-state index is 9.05. The van der Waals surface area contributed by atoms with E-state index in [2.05, 4.69) is 6.07 Å². The number of nitrogens with two attached hydrogens (primary N) is 1. The first-order valence-corrected chi connectivity index (χ1v) is 5.64. The molecule has 16 heavy (non-hydrogen) atoms. The molecule has 0 aromatic carbocycles. The molecule has 1 fully saturated rings.